The number of carbonyl (C=O) groups is 1. The van der Waals surface area contributed by atoms with Gasteiger partial charge in [0.2, 0.25) is 0 Å². The van der Waals surface area contributed by atoms with Crippen LogP contribution in [0.1, 0.15) is 34.3 Å². The normalized spacial score (nSPS) is 15.2. The van der Waals surface area contributed by atoms with Gasteiger partial charge < -0.3 is 14.7 Å². The van der Waals surface area contributed by atoms with Crippen LogP contribution in [-0.4, -0.2) is 19.4 Å². The summed E-state index contributed by atoms with van der Waals surface area (Å²) >= 11 is 13.1. The van der Waals surface area contributed by atoms with Gasteiger partial charge in [-0.15, -0.1) is 0 Å². The van der Waals surface area contributed by atoms with Gasteiger partial charge >= 0.3 is 0 Å². The molecule has 0 spiro atoms. The SMILES string of the molecule is N=c1ccc2c(-c3c(Cl)ccc(Cl)c3C=O)c3cc4c5c(c3oc-2c1)CCCN5CCC4. The molecule has 0 saturated heterocycles. The van der Waals surface area contributed by atoms with Crippen LogP contribution in [0.5, 0.6) is 0 Å². The highest BCUT2D eigenvalue weighted by Gasteiger charge is 2.30. The molecule has 4 nitrogen and oxygen atoms in total. The van der Waals surface area contributed by atoms with E-state index in [1.54, 1.807) is 24.3 Å². The molecule has 0 saturated carbocycles. The van der Waals surface area contributed by atoms with Crippen LogP contribution < -0.4 is 10.3 Å². The first-order valence-electron chi connectivity index (χ1n) is 10.8. The summed E-state index contributed by atoms with van der Waals surface area (Å²) in [6.45, 7) is 2.14. The number of nitrogens with zero attached hydrogens (tertiary/aromatic N) is 1. The number of aryl methyl sites for hydroxylation is 2. The molecule has 1 aliphatic carbocycles. The molecular weight excluding hydrogens is 443 g/mol. The van der Waals surface area contributed by atoms with Crippen molar-refractivity contribution in [2.24, 2.45) is 0 Å². The zero-order valence-electron chi connectivity index (χ0n) is 17.3. The fourth-order valence-electron chi connectivity index (χ4n) is 5.41. The Hall–Kier alpha value is -2.82. The molecule has 160 valence electrons. The maximum atomic E-state index is 12.1. The summed E-state index contributed by atoms with van der Waals surface area (Å²) in [5, 5.41) is 10.3. The first-order chi connectivity index (χ1) is 15.6. The predicted octanol–water partition coefficient (Wildman–Crippen LogP) is 6.50. The van der Waals surface area contributed by atoms with Crippen LogP contribution >= 0.6 is 23.2 Å². The van der Waals surface area contributed by atoms with Gasteiger partial charge in [-0.1, -0.05) is 23.2 Å². The van der Waals surface area contributed by atoms with E-state index >= 15 is 0 Å². The van der Waals surface area contributed by atoms with Gasteiger partial charge in [0.25, 0.3) is 0 Å². The standard InChI is InChI=1S/C26H20Cl2N2O2/c27-20-7-8-21(28)24(19(20)13-31)23-16-6-5-15(29)12-22(16)32-26-17-4-2-10-30-9-1-3-14(25(17)30)11-18(23)26/h5-8,11-13,29H,1-4,9-10H2. The molecule has 4 aliphatic rings. The smallest absolute Gasteiger partial charge is 0.152 e. The number of fused-ring (bicyclic) bond motifs is 3. The molecule has 1 N–H and O–H groups in total. The Morgan fingerprint density at radius 1 is 0.969 bits per heavy atom. The van der Waals surface area contributed by atoms with Crippen molar-refractivity contribution in [1.82, 2.24) is 0 Å². The van der Waals surface area contributed by atoms with Crippen molar-refractivity contribution in [1.29, 1.82) is 5.41 Å². The quantitative estimate of drug-likeness (QED) is 0.273. The lowest BCUT2D eigenvalue weighted by atomic mass is 9.85. The molecule has 0 atom stereocenters. The third-order valence-electron chi connectivity index (χ3n) is 6.71. The number of aldehydes is 1. The Morgan fingerprint density at radius 3 is 2.56 bits per heavy atom. The van der Waals surface area contributed by atoms with Crippen LogP contribution in [0.15, 0.2) is 40.8 Å². The number of anilines is 1. The lowest BCUT2D eigenvalue weighted by Gasteiger charge is -2.37. The Balaban J connectivity index is 1.84. The number of nitrogens with one attached hydrogen (secondary N) is 1. The van der Waals surface area contributed by atoms with Crippen molar-refractivity contribution >= 4 is 46.1 Å². The molecule has 2 aromatic carbocycles. The Labute approximate surface area is 195 Å². The van der Waals surface area contributed by atoms with Gasteiger partial charge in [-0.25, -0.2) is 0 Å². The van der Waals surface area contributed by atoms with E-state index in [9.17, 15) is 4.79 Å². The van der Waals surface area contributed by atoms with Crippen LogP contribution in [0, 0.1) is 5.41 Å². The highest BCUT2D eigenvalue weighted by molar-refractivity contribution is 6.38. The summed E-state index contributed by atoms with van der Waals surface area (Å²) in [7, 11) is 0. The van der Waals surface area contributed by atoms with Gasteiger partial charge in [0.1, 0.15) is 11.3 Å². The zero-order chi connectivity index (χ0) is 22.0. The molecule has 0 aromatic heterocycles. The van der Waals surface area contributed by atoms with Crippen molar-refractivity contribution in [3.63, 3.8) is 0 Å². The molecular formula is C26H20Cl2N2O2. The van der Waals surface area contributed by atoms with E-state index in [2.05, 4.69) is 11.0 Å². The second-order valence-corrected chi connectivity index (χ2v) is 9.37. The van der Waals surface area contributed by atoms with Gasteiger partial charge in [-0.2, -0.15) is 0 Å². The van der Waals surface area contributed by atoms with Crippen LogP contribution in [0.4, 0.5) is 5.69 Å². The molecule has 0 bridgehead atoms. The number of hydrogen-bond donors (Lipinski definition) is 1. The number of rotatable bonds is 2. The van der Waals surface area contributed by atoms with E-state index in [1.807, 2.05) is 6.07 Å². The molecule has 6 heteroatoms. The summed E-state index contributed by atoms with van der Waals surface area (Å²) < 4.78 is 6.49. The van der Waals surface area contributed by atoms with Gasteiger partial charge in [0, 0.05) is 63.1 Å². The molecule has 3 heterocycles. The fraction of sp³-hybridized carbons (Fsp3) is 0.231. The molecule has 0 unspecified atom stereocenters. The number of halogens is 2. The number of hydrogen-bond acceptors (Lipinski definition) is 4. The first kappa shape index (κ1) is 19.8. The van der Waals surface area contributed by atoms with Crippen molar-refractivity contribution in [2.75, 3.05) is 18.0 Å². The molecule has 6 rings (SSSR count). The molecule has 2 aromatic rings. The summed E-state index contributed by atoms with van der Waals surface area (Å²) in [4.78, 5) is 14.6. The molecule has 32 heavy (non-hydrogen) atoms. The Kier molecular flexibility index (Phi) is 4.56. The van der Waals surface area contributed by atoms with Crippen molar-refractivity contribution in [2.45, 2.75) is 25.7 Å². The zero-order valence-corrected chi connectivity index (χ0v) is 18.8. The van der Waals surface area contributed by atoms with E-state index in [0.717, 1.165) is 67.2 Å². The third-order valence-corrected chi connectivity index (χ3v) is 7.36. The van der Waals surface area contributed by atoms with Crippen molar-refractivity contribution in [3.8, 4) is 22.5 Å². The maximum absolute atomic E-state index is 12.1. The van der Waals surface area contributed by atoms with Gasteiger partial charge in [0.15, 0.2) is 6.29 Å². The average Bonchev–Trinajstić information content (AvgIpc) is 2.80. The second-order valence-electron chi connectivity index (χ2n) is 8.56. The van der Waals surface area contributed by atoms with Crippen LogP contribution in [0.2, 0.25) is 10.0 Å². The fourth-order valence-corrected chi connectivity index (χ4v) is 5.87. The third kappa shape index (κ3) is 2.83. The molecule has 0 amide bonds. The van der Waals surface area contributed by atoms with E-state index in [4.69, 9.17) is 33.0 Å². The van der Waals surface area contributed by atoms with Gasteiger partial charge in [-0.05, 0) is 61.6 Å². The van der Waals surface area contributed by atoms with Crippen LogP contribution in [-0.2, 0) is 12.8 Å². The highest BCUT2D eigenvalue weighted by atomic mass is 35.5. The first-order valence-corrected chi connectivity index (χ1v) is 11.6. The minimum atomic E-state index is 0.365. The minimum Gasteiger partial charge on any atom is -0.456 e. The number of benzene rings is 3. The maximum Gasteiger partial charge on any atom is 0.152 e. The lowest BCUT2D eigenvalue weighted by molar-refractivity contribution is 0.112. The van der Waals surface area contributed by atoms with Crippen LogP contribution in [0.3, 0.4) is 0 Å². The second kappa shape index (κ2) is 7.36. The molecule has 0 radical (unpaired) electrons. The predicted molar refractivity (Wildman–Crippen MR) is 128 cm³/mol. The van der Waals surface area contributed by atoms with E-state index in [-0.39, 0.29) is 0 Å². The van der Waals surface area contributed by atoms with Crippen molar-refractivity contribution in [3.05, 3.63) is 68.5 Å². The lowest BCUT2D eigenvalue weighted by Crippen LogP contribution is -2.34. The van der Waals surface area contributed by atoms with Crippen molar-refractivity contribution < 1.29 is 9.21 Å². The van der Waals surface area contributed by atoms with E-state index < -0.39 is 0 Å². The molecule has 3 aliphatic heterocycles. The average molecular weight is 463 g/mol. The summed E-state index contributed by atoms with van der Waals surface area (Å²) in [6.07, 6.45) is 4.92. The largest absolute Gasteiger partial charge is 0.456 e. The van der Waals surface area contributed by atoms with Gasteiger partial charge in [0.05, 0.1) is 10.4 Å². The number of carbonyl (C=O) groups excluding carboxylic acids is 1. The Bertz CT molecular complexity index is 1450. The van der Waals surface area contributed by atoms with Crippen LogP contribution in [0.25, 0.3) is 33.4 Å². The van der Waals surface area contributed by atoms with E-state index in [0.29, 0.717) is 32.3 Å². The minimum absolute atomic E-state index is 0.365. The summed E-state index contributed by atoms with van der Waals surface area (Å²) in [5.74, 6) is 0.608. The van der Waals surface area contributed by atoms with Gasteiger partial charge in [-0.3, -0.25) is 4.79 Å². The highest BCUT2D eigenvalue weighted by Crippen LogP contribution is 2.49. The topological polar surface area (TPSA) is 57.3 Å². The molecule has 0 fully saturated rings. The Morgan fingerprint density at radius 2 is 1.75 bits per heavy atom. The summed E-state index contributed by atoms with van der Waals surface area (Å²) in [6, 6.07) is 10.9. The summed E-state index contributed by atoms with van der Waals surface area (Å²) in [5.41, 5.74) is 7.30. The monoisotopic (exact) mass is 462 g/mol. The van der Waals surface area contributed by atoms with E-state index in [1.165, 1.54) is 16.8 Å².